The Hall–Kier alpha value is -2.64. The van der Waals surface area contributed by atoms with Gasteiger partial charge in [0.1, 0.15) is 11.6 Å². The Bertz CT molecular complexity index is 724. The second-order valence-corrected chi connectivity index (χ2v) is 4.99. The van der Waals surface area contributed by atoms with Gasteiger partial charge in [0.2, 0.25) is 5.91 Å². The van der Waals surface area contributed by atoms with Crippen LogP contribution >= 0.6 is 0 Å². The minimum Gasteiger partial charge on any atom is -0.478 e. The van der Waals surface area contributed by atoms with Crippen LogP contribution in [-0.4, -0.2) is 44.3 Å². The summed E-state index contributed by atoms with van der Waals surface area (Å²) in [4.78, 5) is 27.4. The maximum absolute atomic E-state index is 11.9. The molecule has 1 fully saturated rings. The highest BCUT2D eigenvalue weighted by atomic mass is 16.4. The van der Waals surface area contributed by atoms with Gasteiger partial charge in [-0.1, -0.05) is 0 Å². The van der Waals surface area contributed by atoms with E-state index in [9.17, 15) is 14.7 Å². The van der Waals surface area contributed by atoms with Gasteiger partial charge in [-0.3, -0.25) is 9.48 Å². The molecule has 1 aliphatic heterocycles. The molecule has 0 saturated carbocycles. The van der Waals surface area contributed by atoms with E-state index in [1.54, 1.807) is 17.9 Å². The summed E-state index contributed by atoms with van der Waals surface area (Å²) in [6.07, 6.45) is 4.36. The molecule has 8 heteroatoms. The number of carboxylic acid groups (broad SMARTS) is 1. The van der Waals surface area contributed by atoms with Crippen molar-refractivity contribution < 1.29 is 14.7 Å². The zero-order chi connectivity index (χ0) is 15.0. The average Bonchev–Trinajstić information content (AvgIpc) is 2.83. The first kappa shape index (κ1) is 13.3. The van der Waals surface area contributed by atoms with E-state index in [0.29, 0.717) is 29.7 Å². The topological polar surface area (TPSA) is 109 Å². The quantitative estimate of drug-likeness (QED) is 0.752. The number of pyridine rings is 1. The normalized spacial score (nSPS) is 18.5. The fourth-order valence-corrected chi connectivity index (χ4v) is 2.50. The summed E-state index contributed by atoms with van der Waals surface area (Å²) in [7, 11) is 1.73. The lowest BCUT2D eigenvalue weighted by Gasteiger charge is -2.24. The van der Waals surface area contributed by atoms with E-state index >= 15 is 0 Å². The van der Waals surface area contributed by atoms with Gasteiger partial charge in [-0.05, 0) is 12.8 Å². The summed E-state index contributed by atoms with van der Waals surface area (Å²) in [5.74, 6) is -1.21. The van der Waals surface area contributed by atoms with Crippen molar-refractivity contribution in [3.63, 3.8) is 0 Å². The van der Waals surface area contributed by atoms with Crippen LogP contribution in [0.4, 0.5) is 5.69 Å². The van der Waals surface area contributed by atoms with Crippen molar-refractivity contribution in [1.29, 1.82) is 0 Å². The molecule has 3 rings (SSSR count). The summed E-state index contributed by atoms with van der Waals surface area (Å²) in [5, 5.41) is 19.8. The van der Waals surface area contributed by atoms with E-state index in [1.807, 2.05) is 0 Å². The number of carboxylic acids is 1. The van der Waals surface area contributed by atoms with Gasteiger partial charge >= 0.3 is 5.97 Å². The van der Waals surface area contributed by atoms with E-state index in [2.05, 4.69) is 20.7 Å². The number of fused-ring (bicyclic) bond motifs is 1. The van der Waals surface area contributed by atoms with Crippen molar-refractivity contribution in [2.45, 2.75) is 18.9 Å². The molecule has 110 valence electrons. The van der Waals surface area contributed by atoms with Crippen LogP contribution in [0.15, 0.2) is 12.4 Å². The second kappa shape index (κ2) is 5.04. The molecule has 2 aromatic rings. The number of aromatic nitrogens is 3. The Morgan fingerprint density at radius 2 is 2.33 bits per heavy atom. The Labute approximate surface area is 120 Å². The fourth-order valence-electron chi connectivity index (χ4n) is 2.50. The maximum Gasteiger partial charge on any atom is 0.339 e. The molecule has 1 atom stereocenters. The van der Waals surface area contributed by atoms with Gasteiger partial charge in [0.25, 0.3) is 0 Å². The number of nitrogens with one attached hydrogen (secondary N) is 2. The van der Waals surface area contributed by atoms with Gasteiger partial charge < -0.3 is 15.7 Å². The van der Waals surface area contributed by atoms with Crippen molar-refractivity contribution in [3.8, 4) is 0 Å². The molecule has 1 amide bonds. The summed E-state index contributed by atoms with van der Waals surface area (Å²) >= 11 is 0. The summed E-state index contributed by atoms with van der Waals surface area (Å²) < 4.78 is 1.56. The van der Waals surface area contributed by atoms with Crippen LogP contribution in [0.2, 0.25) is 0 Å². The van der Waals surface area contributed by atoms with Crippen molar-refractivity contribution >= 4 is 28.6 Å². The van der Waals surface area contributed by atoms with Gasteiger partial charge in [0.15, 0.2) is 5.65 Å². The second-order valence-electron chi connectivity index (χ2n) is 4.99. The van der Waals surface area contributed by atoms with Crippen molar-refractivity contribution in [1.82, 2.24) is 20.1 Å². The first-order valence-corrected chi connectivity index (χ1v) is 6.66. The van der Waals surface area contributed by atoms with E-state index in [4.69, 9.17) is 0 Å². The Kier molecular flexibility index (Phi) is 3.20. The van der Waals surface area contributed by atoms with Crippen LogP contribution in [0, 0.1) is 0 Å². The molecule has 0 aromatic carbocycles. The summed E-state index contributed by atoms with van der Waals surface area (Å²) in [5.41, 5.74) is 0.996. The number of aryl methyl sites for hydroxylation is 1. The number of hydrogen-bond donors (Lipinski definition) is 3. The molecule has 2 aromatic heterocycles. The van der Waals surface area contributed by atoms with Gasteiger partial charge in [-0.2, -0.15) is 5.10 Å². The fraction of sp³-hybridized carbons (Fsp3) is 0.385. The first-order chi connectivity index (χ1) is 10.1. The first-order valence-electron chi connectivity index (χ1n) is 6.66. The lowest BCUT2D eigenvalue weighted by molar-refractivity contribution is -0.123. The highest BCUT2D eigenvalue weighted by Gasteiger charge is 2.25. The molecular formula is C13H15N5O3. The smallest absolute Gasteiger partial charge is 0.339 e. The minimum atomic E-state index is -1.09. The summed E-state index contributed by atoms with van der Waals surface area (Å²) in [6, 6.07) is -0.442. The molecule has 3 heterocycles. The van der Waals surface area contributed by atoms with Crippen molar-refractivity contribution in [2.24, 2.45) is 7.05 Å². The highest BCUT2D eigenvalue weighted by Crippen LogP contribution is 2.27. The van der Waals surface area contributed by atoms with Crippen LogP contribution < -0.4 is 10.6 Å². The Morgan fingerprint density at radius 3 is 3.05 bits per heavy atom. The van der Waals surface area contributed by atoms with E-state index in [0.717, 1.165) is 6.42 Å². The Balaban J connectivity index is 2.07. The van der Waals surface area contributed by atoms with Gasteiger partial charge in [0, 0.05) is 19.8 Å². The third-order valence-electron chi connectivity index (χ3n) is 3.60. The molecule has 21 heavy (non-hydrogen) atoms. The van der Waals surface area contributed by atoms with Crippen LogP contribution in [-0.2, 0) is 11.8 Å². The number of anilines is 1. The van der Waals surface area contributed by atoms with E-state index in [-0.39, 0.29) is 11.5 Å². The molecule has 0 spiro atoms. The van der Waals surface area contributed by atoms with Crippen LogP contribution in [0.25, 0.3) is 11.0 Å². The number of hydrogen-bond acceptors (Lipinski definition) is 5. The molecule has 0 bridgehead atoms. The third-order valence-corrected chi connectivity index (χ3v) is 3.60. The van der Waals surface area contributed by atoms with E-state index in [1.165, 1.54) is 6.20 Å². The molecule has 8 nitrogen and oxygen atoms in total. The molecule has 3 N–H and O–H groups in total. The average molecular weight is 289 g/mol. The SMILES string of the molecule is Cn1ncc2c(NC3CCCNC3=O)c(C(=O)O)cnc21. The van der Waals surface area contributed by atoms with E-state index < -0.39 is 12.0 Å². The zero-order valence-electron chi connectivity index (χ0n) is 11.5. The molecule has 0 aliphatic carbocycles. The molecular weight excluding hydrogens is 274 g/mol. The number of carbonyl (C=O) groups excluding carboxylic acids is 1. The monoisotopic (exact) mass is 289 g/mol. The van der Waals surface area contributed by atoms with Crippen molar-refractivity contribution in [3.05, 3.63) is 18.0 Å². The van der Waals surface area contributed by atoms with Crippen LogP contribution in [0.5, 0.6) is 0 Å². The lowest BCUT2D eigenvalue weighted by Crippen LogP contribution is -2.44. The van der Waals surface area contributed by atoms with Gasteiger partial charge in [0.05, 0.1) is 17.3 Å². The Morgan fingerprint density at radius 1 is 1.52 bits per heavy atom. The molecule has 1 saturated heterocycles. The van der Waals surface area contributed by atoms with Gasteiger partial charge in [-0.15, -0.1) is 0 Å². The number of nitrogens with zero attached hydrogens (tertiary/aromatic N) is 3. The summed E-state index contributed by atoms with van der Waals surface area (Å²) in [6.45, 7) is 0.654. The highest BCUT2D eigenvalue weighted by molar-refractivity contribution is 6.04. The number of piperidine rings is 1. The van der Waals surface area contributed by atoms with Crippen LogP contribution in [0.3, 0.4) is 0 Å². The standard InChI is InChI=1S/C13H15N5O3/c1-18-11-7(6-16-18)10(8(5-15-11)13(20)21)17-9-3-2-4-14-12(9)19/h5-6,9H,2-4H2,1H3,(H,14,19)(H,15,17)(H,20,21). The predicted molar refractivity (Wildman–Crippen MR) is 75.1 cm³/mol. The number of carbonyl (C=O) groups is 2. The third kappa shape index (κ3) is 2.28. The zero-order valence-corrected chi connectivity index (χ0v) is 11.5. The number of amides is 1. The maximum atomic E-state index is 11.9. The lowest BCUT2D eigenvalue weighted by atomic mass is 10.0. The predicted octanol–water partition coefficient (Wildman–Crippen LogP) is 0.357. The van der Waals surface area contributed by atoms with Crippen molar-refractivity contribution in [2.75, 3.05) is 11.9 Å². The number of rotatable bonds is 3. The van der Waals surface area contributed by atoms with Crippen LogP contribution in [0.1, 0.15) is 23.2 Å². The molecule has 0 radical (unpaired) electrons. The largest absolute Gasteiger partial charge is 0.478 e. The minimum absolute atomic E-state index is 0.0360. The number of aromatic carboxylic acids is 1. The van der Waals surface area contributed by atoms with Gasteiger partial charge in [-0.25, -0.2) is 9.78 Å². The molecule has 1 aliphatic rings. The molecule has 1 unspecified atom stereocenters.